The van der Waals surface area contributed by atoms with E-state index >= 15 is 13.6 Å². The monoisotopic (exact) mass is 866 g/mol. The molecule has 1 saturated carbocycles. The average Bonchev–Trinajstić information content (AvgIpc) is 4.00. The molecule has 8 heterocycles. The molecule has 64 heavy (non-hydrogen) atoms. The number of hydrogen-bond acceptors (Lipinski definition) is 8. The summed E-state index contributed by atoms with van der Waals surface area (Å²) in [5, 5.41) is 14.7. The minimum absolute atomic E-state index is 0.0160. The summed E-state index contributed by atoms with van der Waals surface area (Å²) in [7, 11) is 1.72. The van der Waals surface area contributed by atoms with Gasteiger partial charge in [0.1, 0.15) is 22.9 Å². The minimum Gasteiger partial charge on any atom is -0.381 e. The smallest absolute Gasteiger partial charge is 0.381 e. The zero-order chi connectivity index (χ0) is 43.9. The van der Waals surface area contributed by atoms with Gasteiger partial charge in [-0.3, -0.25) is 28.1 Å². The van der Waals surface area contributed by atoms with Gasteiger partial charge < -0.3 is 14.2 Å². The molecule has 15 nitrogen and oxygen atoms in total. The van der Waals surface area contributed by atoms with Crippen LogP contribution in [0.15, 0.2) is 81.2 Å². The molecule has 0 unspecified atom stereocenters. The number of aromatic nitrogens is 9. The van der Waals surface area contributed by atoms with Crippen molar-refractivity contribution in [2.45, 2.75) is 82.8 Å². The highest BCUT2D eigenvalue weighted by atomic mass is 19.1. The first-order valence-electron chi connectivity index (χ1n) is 21.9. The number of aryl methyl sites for hydroxylation is 3. The van der Waals surface area contributed by atoms with Crippen molar-refractivity contribution >= 4 is 27.7 Å². The molecule has 2 saturated heterocycles. The third-order valence-electron chi connectivity index (χ3n) is 14.5. The van der Waals surface area contributed by atoms with Gasteiger partial charge in [0.2, 0.25) is 0 Å². The lowest BCUT2D eigenvalue weighted by atomic mass is 9.91. The van der Waals surface area contributed by atoms with Gasteiger partial charge in [-0.2, -0.15) is 10.2 Å². The van der Waals surface area contributed by atoms with Gasteiger partial charge in [0.25, 0.3) is 5.91 Å². The van der Waals surface area contributed by atoms with Crippen LogP contribution in [0.3, 0.4) is 0 Å². The van der Waals surface area contributed by atoms with Crippen molar-refractivity contribution in [2.75, 3.05) is 13.2 Å². The molecular formula is C47H44F2N10O5. The zero-order valence-electron chi connectivity index (χ0n) is 35.6. The molecule has 8 aromatic rings. The molecule has 1 amide bonds. The van der Waals surface area contributed by atoms with E-state index in [1.807, 2.05) is 11.0 Å². The lowest BCUT2D eigenvalue weighted by molar-refractivity contribution is 0.0632. The van der Waals surface area contributed by atoms with Crippen LogP contribution in [0.4, 0.5) is 8.78 Å². The number of hydrogen-bond donors (Lipinski definition) is 1. The first kappa shape index (κ1) is 38.8. The second-order valence-electron chi connectivity index (χ2n) is 18.1. The summed E-state index contributed by atoms with van der Waals surface area (Å²) in [6, 6.07) is 14.3. The lowest BCUT2D eigenvalue weighted by Gasteiger charge is -2.35. The number of rotatable bonds is 7. The SMILES string of the molecule is Cc1cc(-n2nc3c(c2-n2ccn(-c4ccc5c(cnn5C)c4F)c2=O)[C@@H]2CC[C@H](C3)N2C(=O)c2cc3cc(C4CCOCC4)ccc3n2[C@@]2(c3noc(=O)[nH]3)C[C@@H]2C)cc(C)c1F. The van der Waals surface area contributed by atoms with Crippen LogP contribution in [0.25, 0.3) is 39.0 Å². The summed E-state index contributed by atoms with van der Waals surface area (Å²) in [6.45, 7) is 6.84. The molecule has 5 aromatic heterocycles. The van der Waals surface area contributed by atoms with Crippen LogP contribution in [0.2, 0.25) is 0 Å². The maximum absolute atomic E-state index is 16.2. The van der Waals surface area contributed by atoms with Crippen LogP contribution in [0.5, 0.6) is 0 Å². The van der Waals surface area contributed by atoms with Gasteiger partial charge in [-0.1, -0.05) is 18.1 Å². The second-order valence-corrected chi connectivity index (χ2v) is 18.1. The quantitative estimate of drug-likeness (QED) is 0.183. The number of imidazole rings is 1. The topological polar surface area (TPSA) is 156 Å². The summed E-state index contributed by atoms with van der Waals surface area (Å²) in [5.41, 5.74) is 4.53. The molecule has 3 fully saturated rings. The number of nitrogens with one attached hydrogen (secondary N) is 1. The fraction of sp³-hybridized carbons (Fsp3) is 0.362. The van der Waals surface area contributed by atoms with Gasteiger partial charge in [0, 0.05) is 61.6 Å². The predicted octanol–water partition coefficient (Wildman–Crippen LogP) is 6.81. The average molecular weight is 867 g/mol. The van der Waals surface area contributed by atoms with Gasteiger partial charge in [-0.05, 0) is 117 Å². The Bertz CT molecular complexity index is 3360. The van der Waals surface area contributed by atoms with Gasteiger partial charge in [0.05, 0.1) is 40.2 Å². The molecule has 12 rings (SSSR count). The summed E-state index contributed by atoms with van der Waals surface area (Å²) >= 11 is 0. The van der Waals surface area contributed by atoms with Crippen LogP contribution >= 0.6 is 0 Å². The fourth-order valence-electron chi connectivity index (χ4n) is 11.2. The Morgan fingerprint density at radius 1 is 0.922 bits per heavy atom. The Hall–Kier alpha value is -6.88. The van der Waals surface area contributed by atoms with Gasteiger partial charge in [-0.15, -0.1) is 0 Å². The molecule has 0 radical (unpaired) electrons. The Kier molecular flexibility index (Phi) is 8.36. The van der Waals surface area contributed by atoms with Crippen LogP contribution in [0, 0.1) is 31.4 Å². The highest BCUT2D eigenvalue weighted by molar-refractivity contribution is 6.00. The third-order valence-corrected chi connectivity index (χ3v) is 14.5. The van der Waals surface area contributed by atoms with Crippen molar-refractivity contribution < 1.29 is 22.8 Å². The standard InChI is InChI=1S/C47H44F2N10O5/c1-24-17-31(18-25(2)40(24)48)59-42(56-14-13-55(46(56)62)37-10-9-35-32(41(37)49)23-50-54(35)4)39-33(52-59)21-30-6-8-36(39)57(30)43(60)38-20-29-19-28(27-11-15-63-16-12-27)5-7-34(29)58(38)47(22-26(47)3)44-51-45(61)64-53-44/h5,7,9-10,13-14,17-20,23,26-27,30,36H,6,8,11-12,15-16,21-22H2,1-4H3,(H,51,53,61)/t26-,30+,36-,47-/m0/s1. The van der Waals surface area contributed by atoms with Gasteiger partial charge in [0.15, 0.2) is 11.6 Å². The Labute approximate surface area is 363 Å². The number of carbonyl (C=O) groups is 1. The number of nitrogens with zero attached hydrogens (tertiary/aromatic N) is 9. The summed E-state index contributed by atoms with van der Waals surface area (Å²) in [6.07, 6.45) is 8.69. The highest BCUT2D eigenvalue weighted by Gasteiger charge is 2.59. The van der Waals surface area contributed by atoms with E-state index in [1.54, 1.807) is 60.7 Å². The van der Waals surface area contributed by atoms with E-state index in [2.05, 4.69) is 44.9 Å². The molecule has 3 aromatic carbocycles. The molecule has 4 atom stereocenters. The molecule has 17 heteroatoms. The van der Waals surface area contributed by atoms with E-state index in [-0.39, 0.29) is 34.8 Å². The number of halogens is 2. The number of amides is 1. The molecule has 1 aliphatic carbocycles. The largest absolute Gasteiger partial charge is 0.438 e. The summed E-state index contributed by atoms with van der Waals surface area (Å²) in [4.78, 5) is 47.6. The Morgan fingerprint density at radius 2 is 1.67 bits per heavy atom. The number of aromatic amines is 1. The second kappa shape index (κ2) is 13.8. The van der Waals surface area contributed by atoms with Crippen molar-refractivity contribution in [3.63, 3.8) is 0 Å². The van der Waals surface area contributed by atoms with Crippen molar-refractivity contribution in [3.8, 4) is 17.2 Å². The molecule has 0 spiro atoms. The van der Waals surface area contributed by atoms with E-state index in [9.17, 15) is 9.59 Å². The van der Waals surface area contributed by atoms with Crippen molar-refractivity contribution in [2.24, 2.45) is 13.0 Å². The number of benzene rings is 3. The van der Waals surface area contributed by atoms with Crippen molar-refractivity contribution in [1.29, 1.82) is 0 Å². The molecule has 1 N–H and O–H groups in total. The fourth-order valence-corrected chi connectivity index (χ4v) is 11.2. The van der Waals surface area contributed by atoms with Crippen LogP contribution in [-0.2, 0) is 23.7 Å². The summed E-state index contributed by atoms with van der Waals surface area (Å²) < 4.78 is 50.0. The highest BCUT2D eigenvalue weighted by Crippen LogP contribution is 2.56. The first-order chi connectivity index (χ1) is 30.9. The van der Waals surface area contributed by atoms with Crippen molar-refractivity contribution in [3.05, 3.63) is 139 Å². The number of carbonyl (C=O) groups excluding carboxylic acids is 1. The maximum atomic E-state index is 16.2. The first-order valence-corrected chi connectivity index (χ1v) is 21.9. The van der Waals surface area contributed by atoms with E-state index in [0.29, 0.717) is 90.0 Å². The van der Waals surface area contributed by atoms with Gasteiger partial charge in [-0.25, -0.2) is 23.1 Å². The number of fused-ring (bicyclic) bond motifs is 6. The third kappa shape index (κ3) is 5.45. The molecule has 326 valence electrons. The minimum atomic E-state index is -0.836. The van der Waals surface area contributed by atoms with Crippen LogP contribution in [-0.4, -0.2) is 73.5 Å². The van der Waals surface area contributed by atoms with E-state index in [0.717, 1.165) is 29.4 Å². The summed E-state index contributed by atoms with van der Waals surface area (Å²) in [5.74, 6) is -0.687. The van der Waals surface area contributed by atoms with Crippen LogP contribution in [0.1, 0.15) is 95.2 Å². The lowest BCUT2D eigenvalue weighted by Crippen LogP contribution is -2.43. The van der Waals surface area contributed by atoms with Gasteiger partial charge >= 0.3 is 11.4 Å². The molecular weight excluding hydrogens is 823 g/mol. The Balaban J connectivity index is 1.03. The molecule has 3 aliphatic heterocycles. The molecule has 2 bridgehead atoms. The normalized spacial score (nSPS) is 22.0. The molecule has 4 aliphatic rings. The van der Waals surface area contributed by atoms with Crippen LogP contribution < -0.4 is 11.4 Å². The van der Waals surface area contributed by atoms with Crippen molar-refractivity contribution in [1.82, 2.24) is 48.3 Å². The zero-order valence-corrected chi connectivity index (χ0v) is 35.6. The Morgan fingerprint density at radius 3 is 2.41 bits per heavy atom. The number of H-pyrrole nitrogens is 1. The van der Waals surface area contributed by atoms with E-state index in [1.165, 1.54) is 27.1 Å². The maximum Gasteiger partial charge on any atom is 0.438 e. The van der Waals surface area contributed by atoms with E-state index in [4.69, 9.17) is 14.4 Å². The number of ether oxygens (including phenoxy) is 1. The predicted molar refractivity (Wildman–Crippen MR) is 230 cm³/mol. The van der Waals surface area contributed by atoms with E-state index < -0.39 is 28.8 Å².